The molecular formula is C19H21N3O3. The highest BCUT2D eigenvalue weighted by atomic mass is 16.5. The molecule has 2 aromatic carbocycles. The van der Waals surface area contributed by atoms with Crippen LogP contribution < -0.4 is 15.5 Å². The smallest absolute Gasteiger partial charge is 0.249 e. The van der Waals surface area contributed by atoms with Crippen molar-refractivity contribution in [2.45, 2.75) is 19.8 Å². The lowest BCUT2D eigenvalue weighted by molar-refractivity contribution is -0.126. The molecule has 25 heavy (non-hydrogen) atoms. The molecule has 6 nitrogen and oxygen atoms in total. The number of nitrogens with one attached hydrogen (secondary N) is 2. The molecule has 0 spiro atoms. The third-order valence-electron chi connectivity index (χ3n) is 3.11. The van der Waals surface area contributed by atoms with Crippen molar-refractivity contribution in [1.29, 1.82) is 0 Å². The highest BCUT2D eigenvalue weighted by molar-refractivity contribution is 6.03. The molecule has 2 aromatic rings. The van der Waals surface area contributed by atoms with E-state index in [1.165, 1.54) is 6.21 Å². The zero-order chi connectivity index (χ0) is 17.9. The second-order valence-electron chi connectivity index (χ2n) is 5.31. The van der Waals surface area contributed by atoms with E-state index in [2.05, 4.69) is 15.8 Å². The lowest BCUT2D eigenvalue weighted by atomic mass is 10.2. The van der Waals surface area contributed by atoms with Crippen LogP contribution in [-0.2, 0) is 9.59 Å². The molecule has 2 amide bonds. The molecular weight excluding hydrogens is 318 g/mol. The Bertz CT molecular complexity index is 730. The topological polar surface area (TPSA) is 79.8 Å². The van der Waals surface area contributed by atoms with Gasteiger partial charge in [0, 0.05) is 5.69 Å². The van der Waals surface area contributed by atoms with Crippen LogP contribution in [0.1, 0.15) is 25.3 Å². The summed E-state index contributed by atoms with van der Waals surface area (Å²) in [4.78, 5) is 23.5. The summed E-state index contributed by atoms with van der Waals surface area (Å²) >= 11 is 0. The molecule has 0 aliphatic rings. The molecule has 0 heterocycles. The number of carbonyl (C=O) groups is 2. The van der Waals surface area contributed by atoms with Gasteiger partial charge in [0.05, 0.1) is 12.8 Å². The summed E-state index contributed by atoms with van der Waals surface area (Å²) in [5.74, 6) is -0.128. The standard InChI is InChI=1S/C19H21N3O3/c1-2-11-25-17-10-6-7-15(12-17)14-20-22-19(24)13-18(23)21-16-8-4-3-5-9-16/h3-10,12,14H,2,11,13H2,1H3,(H,21,23)(H,22,24). The number of rotatable bonds is 8. The average molecular weight is 339 g/mol. The molecule has 0 aliphatic heterocycles. The molecule has 0 bridgehead atoms. The Kier molecular flexibility index (Phi) is 7.18. The Hall–Kier alpha value is -3.15. The van der Waals surface area contributed by atoms with Gasteiger partial charge in [0.1, 0.15) is 12.2 Å². The molecule has 0 saturated carbocycles. The van der Waals surface area contributed by atoms with E-state index in [4.69, 9.17) is 4.74 Å². The molecule has 0 atom stereocenters. The van der Waals surface area contributed by atoms with Gasteiger partial charge in [-0.15, -0.1) is 0 Å². The van der Waals surface area contributed by atoms with Gasteiger partial charge in [-0.1, -0.05) is 37.3 Å². The van der Waals surface area contributed by atoms with Crippen molar-refractivity contribution in [3.63, 3.8) is 0 Å². The molecule has 2 rings (SSSR count). The van der Waals surface area contributed by atoms with Crippen LogP contribution in [0.2, 0.25) is 0 Å². The average Bonchev–Trinajstić information content (AvgIpc) is 2.61. The number of para-hydroxylation sites is 1. The van der Waals surface area contributed by atoms with Crippen molar-refractivity contribution in [1.82, 2.24) is 5.43 Å². The van der Waals surface area contributed by atoms with E-state index in [-0.39, 0.29) is 6.42 Å². The largest absolute Gasteiger partial charge is 0.494 e. The molecule has 6 heteroatoms. The van der Waals surface area contributed by atoms with E-state index >= 15 is 0 Å². The van der Waals surface area contributed by atoms with Gasteiger partial charge in [0.15, 0.2) is 0 Å². The normalized spacial score (nSPS) is 10.4. The van der Waals surface area contributed by atoms with Crippen LogP contribution in [0.5, 0.6) is 5.75 Å². The van der Waals surface area contributed by atoms with Crippen LogP contribution in [0.4, 0.5) is 5.69 Å². The van der Waals surface area contributed by atoms with Crippen molar-refractivity contribution in [2.24, 2.45) is 5.10 Å². The first-order valence-corrected chi connectivity index (χ1v) is 8.07. The fraction of sp³-hybridized carbons (Fsp3) is 0.211. The second kappa shape index (κ2) is 9.87. The fourth-order valence-electron chi connectivity index (χ4n) is 2.00. The minimum atomic E-state index is -0.483. The summed E-state index contributed by atoms with van der Waals surface area (Å²) in [5, 5.41) is 6.50. The monoisotopic (exact) mass is 339 g/mol. The van der Waals surface area contributed by atoms with Crippen LogP contribution in [0.3, 0.4) is 0 Å². The molecule has 130 valence electrons. The molecule has 0 radical (unpaired) electrons. The number of hydrogen-bond acceptors (Lipinski definition) is 4. The Morgan fingerprint density at radius 2 is 1.88 bits per heavy atom. The minimum absolute atomic E-state index is 0.300. The highest BCUT2D eigenvalue weighted by Gasteiger charge is 2.08. The van der Waals surface area contributed by atoms with Gasteiger partial charge >= 0.3 is 0 Å². The van der Waals surface area contributed by atoms with Gasteiger partial charge < -0.3 is 10.1 Å². The summed E-state index contributed by atoms with van der Waals surface area (Å²) in [7, 11) is 0. The van der Waals surface area contributed by atoms with Gasteiger partial charge in [-0.3, -0.25) is 9.59 Å². The quantitative estimate of drug-likeness (QED) is 0.441. The predicted octanol–water partition coefficient (Wildman–Crippen LogP) is 2.95. The first-order chi connectivity index (χ1) is 12.2. The Morgan fingerprint density at radius 1 is 1.08 bits per heavy atom. The van der Waals surface area contributed by atoms with Crippen LogP contribution in [0.25, 0.3) is 0 Å². The summed E-state index contributed by atoms with van der Waals surface area (Å²) < 4.78 is 5.53. The number of anilines is 1. The van der Waals surface area contributed by atoms with Crippen LogP contribution in [-0.4, -0.2) is 24.6 Å². The maximum Gasteiger partial charge on any atom is 0.249 e. The molecule has 2 N–H and O–H groups in total. The summed E-state index contributed by atoms with van der Waals surface area (Å²) in [6.45, 7) is 2.68. The maximum atomic E-state index is 11.8. The number of carbonyl (C=O) groups excluding carboxylic acids is 2. The minimum Gasteiger partial charge on any atom is -0.494 e. The highest BCUT2D eigenvalue weighted by Crippen LogP contribution is 2.12. The summed E-state index contributed by atoms with van der Waals surface area (Å²) in [5.41, 5.74) is 3.78. The van der Waals surface area contributed by atoms with Gasteiger partial charge in [-0.05, 0) is 36.2 Å². The zero-order valence-electron chi connectivity index (χ0n) is 14.1. The SMILES string of the molecule is CCCOc1cccc(C=NNC(=O)CC(=O)Nc2ccccc2)c1. The van der Waals surface area contributed by atoms with Crippen molar-refractivity contribution in [3.05, 3.63) is 60.2 Å². The molecule has 0 aliphatic carbocycles. The van der Waals surface area contributed by atoms with Gasteiger partial charge in [-0.2, -0.15) is 5.10 Å². The van der Waals surface area contributed by atoms with Crippen LogP contribution in [0.15, 0.2) is 59.7 Å². The third-order valence-corrected chi connectivity index (χ3v) is 3.11. The maximum absolute atomic E-state index is 11.8. The Labute approximate surface area is 146 Å². The lowest BCUT2D eigenvalue weighted by Gasteiger charge is -2.05. The molecule has 0 unspecified atom stereocenters. The number of hydrogen-bond donors (Lipinski definition) is 2. The van der Waals surface area contributed by atoms with Crippen LogP contribution >= 0.6 is 0 Å². The lowest BCUT2D eigenvalue weighted by Crippen LogP contribution is -2.24. The van der Waals surface area contributed by atoms with E-state index in [1.54, 1.807) is 24.3 Å². The van der Waals surface area contributed by atoms with E-state index in [0.717, 1.165) is 17.7 Å². The zero-order valence-corrected chi connectivity index (χ0v) is 14.1. The first kappa shape index (κ1) is 18.2. The van der Waals surface area contributed by atoms with Crippen LogP contribution in [0, 0.1) is 0 Å². The van der Waals surface area contributed by atoms with E-state index in [0.29, 0.717) is 12.3 Å². The predicted molar refractivity (Wildman–Crippen MR) is 97.7 cm³/mol. The number of nitrogens with zero attached hydrogens (tertiary/aromatic N) is 1. The summed E-state index contributed by atoms with van der Waals surface area (Å²) in [6.07, 6.45) is 2.14. The number of amides is 2. The Balaban J connectivity index is 1.79. The van der Waals surface area contributed by atoms with Crippen molar-refractivity contribution >= 4 is 23.7 Å². The third kappa shape index (κ3) is 6.87. The van der Waals surface area contributed by atoms with E-state index in [9.17, 15) is 9.59 Å². The summed E-state index contributed by atoms with van der Waals surface area (Å²) in [6, 6.07) is 16.3. The van der Waals surface area contributed by atoms with E-state index in [1.807, 2.05) is 37.3 Å². The fourth-order valence-corrected chi connectivity index (χ4v) is 2.00. The van der Waals surface area contributed by atoms with Gasteiger partial charge in [-0.25, -0.2) is 5.43 Å². The number of hydrazone groups is 1. The van der Waals surface area contributed by atoms with Crippen molar-refractivity contribution < 1.29 is 14.3 Å². The number of ether oxygens (including phenoxy) is 1. The van der Waals surface area contributed by atoms with Crippen molar-refractivity contribution in [2.75, 3.05) is 11.9 Å². The van der Waals surface area contributed by atoms with Gasteiger partial charge in [0.25, 0.3) is 0 Å². The number of benzene rings is 2. The molecule has 0 aromatic heterocycles. The van der Waals surface area contributed by atoms with Gasteiger partial charge in [0.2, 0.25) is 11.8 Å². The molecule has 0 saturated heterocycles. The first-order valence-electron chi connectivity index (χ1n) is 8.07. The second-order valence-corrected chi connectivity index (χ2v) is 5.31. The van der Waals surface area contributed by atoms with Crippen molar-refractivity contribution in [3.8, 4) is 5.75 Å². The Morgan fingerprint density at radius 3 is 2.64 bits per heavy atom. The molecule has 0 fully saturated rings. The van der Waals surface area contributed by atoms with E-state index < -0.39 is 11.8 Å².